The van der Waals surface area contributed by atoms with Gasteiger partial charge in [0.05, 0.1) is 0 Å². The van der Waals surface area contributed by atoms with Crippen molar-refractivity contribution in [1.29, 1.82) is 0 Å². The maximum absolute atomic E-state index is 3.95. The second-order valence-electron chi connectivity index (χ2n) is 4.21. The van der Waals surface area contributed by atoms with Crippen LogP contribution in [0, 0.1) is 0 Å². The summed E-state index contributed by atoms with van der Waals surface area (Å²) in [5, 5.41) is 10.5. The number of nitrogens with zero attached hydrogens (tertiary/aromatic N) is 1. The molecule has 0 saturated carbocycles. The van der Waals surface area contributed by atoms with Gasteiger partial charge in [-0.2, -0.15) is 5.10 Å². The Kier molecular flexibility index (Phi) is 4.33. The summed E-state index contributed by atoms with van der Waals surface area (Å²) in [5.74, 6) is 0. The Morgan fingerprint density at radius 2 is 2.06 bits per heavy atom. The molecule has 0 radical (unpaired) electrons. The van der Waals surface area contributed by atoms with Crippen LogP contribution in [0.1, 0.15) is 37.1 Å². The largest absolute Gasteiger partial charge is 0.304 e. The van der Waals surface area contributed by atoms with Crippen LogP contribution in [0.2, 0.25) is 0 Å². The van der Waals surface area contributed by atoms with Gasteiger partial charge in [0.25, 0.3) is 0 Å². The highest BCUT2D eigenvalue weighted by Gasteiger charge is 2.09. The quantitative estimate of drug-likeness (QED) is 0.799. The molecule has 2 aromatic rings. The molecule has 0 bridgehead atoms. The van der Waals surface area contributed by atoms with Crippen LogP contribution in [-0.4, -0.2) is 10.2 Å². The summed E-state index contributed by atoms with van der Waals surface area (Å²) in [6.45, 7) is 3.05. The number of rotatable bonds is 6. The van der Waals surface area contributed by atoms with E-state index >= 15 is 0 Å². The second kappa shape index (κ2) is 6.21. The van der Waals surface area contributed by atoms with E-state index < -0.39 is 0 Å². The van der Waals surface area contributed by atoms with E-state index in [0.29, 0.717) is 6.04 Å². The van der Waals surface area contributed by atoms with Crippen LogP contribution < -0.4 is 5.32 Å². The first-order chi connectivity index (χ1) is 8.40. The second-order valence-corrected chi connectivity index (χ2v) is 4.21. The van der Waals surface area contributed by atoms with Crippen molar-refractivity contribution in [2.75, 3.05) is 0 Å². The number of benzene rings is 1. The fourth-order valence-corrected chi connectivity index (χ4v) is 1.98. The molecule has 0 fully saturated rings. The molecule has 1 aromatic carbocycles. The third-order valence-electron chi connectivity index (χ3n) is 2.88. The predicted octanol–water partition coefficient (Wildman–Crippen LogP) is 3.04. The molecule has 0 spiro atoms. The Morgan fingerprint density at radius 3 is 2.71 bits per heavy atom. The standard InChI is InChI=1S/C14H19N3/c1-2-6-14(12-7-4-3-5-8-12)15-11-13-9-10-16-17-13/h3-5,7-10,14-15H,2,6,11H2,1H3,(H,16,17). The van der Waals surface area contributed by atoms with E-state index in [0.717, 1.165) is 18.7 Å². The molecule has 2 rings (SSSR count). The van der Waals surface area contributed by atoms with Crippen molar-refractivity contribution in [1.82, 2.24) is 15.5 Å². The summed E-state index contributed by atoms with van der Waals surface area (Å²) in [7, 11) is 0. The predicted molar refractivity (Wildman–Crippen MR) is 69.5 cm³/mol. The Morgan fingerprint density at radius 1 is 1.24 bits per heavy atom. The summed E-state index contributed by atoms with van der Waals surface area (Å²) in [6, 6.07) is 13.0. The minimum atomic E-state index is 0.421. The molecular formula is C14H19N3. The van der Waals surface area contributed by atoms with Crippen LogP contribution in [0.3, 0.4) is 0 Å². The van der Waals surface area contributed by atoms with Gasteiger partial charge in [0, 0.05) is 24.5 Å². The molecule has 1 unspecified atom stereocenters. The van der Waals surface area contributed by atoms with Gasteiger partial charge in [-0.1, -0.05) is 43.7 Å². The topological polar surface area (TPSA) is 40.7 Å². The fourth-order valence-electron chi connectivity index (χ4n) is 1.98. The normalized spacial score (nSPS) is 12.5. The van der Waals surface area contributed by atoms with Gasteiger partial charge < -0.3 is 5.32 Å². The fraction of sp³-hybridized carbons (Fsp3) is 0.357. The van der Waals surface area contributed by atoms with Gasteiger partial charge in [-0.05, 0) is 18.1 Å². The summed E-state index contributed by atoms with van der Waals surface area (Å²) in [4.78, 5) is 0. The minimum Gasteiger partial charge on any atom is -0.304 e. The maximum Gasteiger partial charge on any atom is 0.0490 e. The van der Waals surface area contributed by atoms with Crippen molar-refractivity contribution in [3.05, 3.63) is 53.9 Å². The van der Waals surface area contributed by atoms with Crippen LogP contribution in [-0.2, 0) is 6.54 Å². The molecule has 0 amide bonds. The first kappa shape index (κ1) is 11.9. The van der Waals surface area contributed by atoms with Crippen molar-refractivity contribution in [3.63, 3.8) is 0 Å². The lowest BCUT2D eigenvalue weighted by Crippen LogP contribution is -2.21. The summed E-state index contributed by atoms with van der Waals surface area (Å²) < 4.78 is 0. The molecule has 1 heterocycles. The summed E-state index contributed by atoms with van der Waals surface area (Å²) >= 11 is 0. The highest BCUT2D eigenvalue weighted by molar-refractivity contribution is 5.19. The van der Waals surface area contributed by atoms with Gasteiger partial charge in [0.2, 0.25) is 0 Å². The average Bonchev–Trinajstić information content (AvgIpc) is 2.88. The molecule has 1 aromatic heterocycles. The number of nitrogens with one attached hydrogen (secondary N) is 2. The third kappa shape index (κ3) is 3.43. The molecule has 2 N–H and O–H groups in total. The lowest BCUT2D eigenvalue weighted by Gasteiger charge is -2.18. The Balaban J connectivity index is 1.98. The van der Waals surface area contributed by atoms with E-state index in [9.17, 15) is 0 Å². The van der Waals surface area contributed by atoms with E-state index in [-0.39, 0.29) is 0 Å². The van der Waals surface area contributed by atoms with E-state index in [1.54, 1.807) is 6.20 Å². The van der Waals surface area contributed by atoms with Gasteiger partial charge in [0.1, 0.15) is 0 Å². The maximum atomic E-state index is 3.95. The molecule has 3 nitrogen and oxygen atoms in total. The van der Waals surface area contributed by atoms with Crippen molar-refractivity contribution in [2.45, 2.75) is 32.4 Å². The smallest absolute Gasteiger partial charge is 0.0490 e. The number of aromatic amines is 1. The minimum absolute atomic E-state index is 0.421. The van der Waals surface area contributed by atoms with Gasteiger partial charge in [0.15, 0.2) is 0 Å². The van der Waals surface area contributed by atoms with Gasteiger partial charge >= 0.3 is 0 Å². The third-order valence-corrected chi connectivity index (χ3v) is 2.88. The number of hydrogen-bond donors (Lipinski definition) is 2. The SMILES string of the molecule is CCCC(NCc1ccn[nH]1)c1ccccc1. The highest BCUT2D eigenvalue weighted by atomic mass is 15.1. The number of H-pyrrole nitrogens is 1. The zero-order chi connectivity index (χ0) is 11.9. The molecule has 3 heteroatoms. The van der Waals surface area contributed by atoms with Crippen molar-refractivity contribution in [3.8, 4) is 0 Å². The zero-order valence-corrected chi connectivity index (χ0v) is 10.2. The molecule has 0 aliphatic carbocycles. The number of hydrogen-bond acceptors (Lipinski definition) is 2. The molecule has 17 heavy (non-hydrogen) atoms. The average molecular weight is 229 g/mol. The molecule has 0 aliphatic rings. The van der Waals surface area contributed by atoms with Gasteiger partial charge in [-0.3, -0.25) is 5.10 Å². The molecule has 90 valence electrons. The first-order valence-electron chi connectivity index (χ1n) is 6.16. The van der Waals surface area contributed by atoms with Crippen molar-refractivity contribution < 1.29 is 0 Å². The summed E-state index contributed by atoms with van der Waals surface area (Å²) in [5.41, 5.74) is 2.48. The van der Waals surface area contributed by atoms with Crippen LogP contribution in [0.4, 0.5) is 0 Å². The lowest BCUT2D eigenvalue weighted by atomic mass is 10.0. The van der Waals surface area contributed by atoms with Crippen molar-refractivity contribution in [2.24, 2.45) is 0 Å². The van der Waals surface area contributed by atoms with Crippen LogP contribution >= 0.6 is 0 Å². The Labute approximate surface area is 102 Å². The highest BCUT2D eigenvalue weighted by Crippen LogP contribution is 2.18. The van der Waals surface area contributed by atoms with Crippen LogP contribution in [0.15, 0.2) is 42.6 Å². The van der Waals surface area contributed by atoms with E-state index in [2.05, 4.69) is 52.8 Å². The van der Waals surface area contributed by atoms with E-state index in [1.807, 2.05) is 6.07 Å². The van der Waals surface area contributed by atoms with Crippen LogP contribution in [0.25, 0.3) is 0 Å². The zero-order valence-electron chi connectivity index (χ0n) is 10.2. The van der Waals surface area contributed by atoms with E-state index in [4.69, 9.17) is 0 Å². The molecule has 0 saturated heterocycles. The Bertz CT molecular complexity index is 408. The summed E-state index contributed by atoms with van der Waals surface area (Å²) in [6.07, 6.45) is 4.11. The monoisotopic (exact) mass is 229 g/mol. The number of aromatic nitrogens is 2. The van der Waals surface area contributed by atoms with Gasteiger partial charge in [-0.25, -0.2) is 0 Å². The van der Waals surface area contributed by atoms with E-state index in [1.165, 1.54) is 12.0 Å². The van der Waals surface area contributed by atoms with Crippen LogP contribution in [0.5, 0.6) is 0 Å². The van der Waals surface area contributed by atoms with Crippen molar-refractivity contribution >= 4 is 0 Å². The Hall–Kier alpha value is -1.61. The lowest BCUT2D eigenvalue weighted by molar-refractivity contribution is 0.489. The van der Waals surface area contributed by atoms with Gasteiger partial charge in [-0.15, -0.1) is 0 Å². The first-order valence-corrected chi connectivity index (χ1v) is 6.16. The molecular weight excluding hydrogens is 210 g/mol. The molecule has 1 atom stereocenters. The molecule has 0 aliphatic heterocycles.